The molecule has 0 unspecified atom stereocenters. The van der Waals surface area contributed by atoms with Crippen LogP contribution in [-0.2, 0) is 53.8 Å². The number of ether oxygens (including phenoxy) is 1. The van der Waals surface area contributed by atoms with Crippen LogP contribution in [0.15, 0.2) is 115 Å². The van der Waals surface area contributed by atoms with Crippen molar-refractivity contribution in [1.29, 1.82) is 0 Å². The first kappa shape index (κ1) is 28.1. The van der Waals surface area contributed by atoms with Crippen LogP contribution in [0, 0.1) is 24.3 Å². The van der Waals surface area contributed by atoms with Crippen LogP contribution in [0.3, 0.4) is 0 Å². The molecule has 0 spiro atoms. The third kappa shape index (κ3) is 5.45. The van der Waals surface area contributed by atoms with Gasteiger partial charge in [0, 0.05) is 44.0 Å². The molecule has 0 bridgehead atoms. The summed E-state index contributed by atoms with van der Waals surface area (Å²) in [7, 11) is 0. The minimum Gasteiger partial charge on any atom is -0.466 e. The van der Waals surface area contributed by atoms with Gasteiger partial charge >= 0.3 is 21.1 Å². The maximum atomic E-state index is 6.20. The number of hydrogen-bond donors (Lipinski definition) is 0. The van der Waals surface area contributed by atoms with Crippen LogP contribution in [0.4, 0.5) is 0 Å². The van der Waals surface area contributed by atoms with Crippen LogP contribution in [0.5, 0.6) is 11.6 Å². The summed E-state index contributed by atoms with van der Waals surface area (Å²) in [5.74, 6) is 1.84. The Balaban J connectivity index is 0.00000161. The number of pyridine rings is 2. The van der Waals surface area contributed by atoms with Crippen molar-refractivity contribution in [2.45, 2.75) is 0 Å². The number of para-hydroxylation sites is 1. The second-order valence-electron chi connectivity index (χ2n) is 8.77. The molecular weight excluding hydrogens is 750 g/mol. The molecule has 0 aliphatic heterocycles. The van der Waals surface area contributed by atoms with Crippen molar-refractivity contribution in [2.24, 2.45) is 0 Å². The molecule has 191 valence electrons. The average Bonchev–Trinajstić information content (AvgIpc) is 3.32. The summed E-state index contributed by atoms with van der Waals surface area (Å²) in [5, 5.41) is 2.18. The zero-order chi connectivity index (χ0) is 25.3. The van der Waals surface area contributed by atoms with Crippen molar-refractivity contribution in [2.75, 3.05) is 0 Å². The first-order valence-electron chi connectivity index (χ1n) is 12.3. The van der Waals surface area contributed by atoms with E-state index in [9.17, 15) is 0 Å². The van der Waals surface area contributed by atoms with Gasteiger partial charge in [-0.05, 0) is 29.4 Å². The van der Waals surface area contributed by atoms with E-state index in [2.05, 4.69) is 57.0 Å². The van der Waals surface area contributed by atoms with Crippen molar-refractivity contribution in [1.82, 2.24) is 14.5 Å². The third-order valence-electron chi connectivity index (χ3n) is 6.40. The molecule has 0 amide bonds. The molecule has 1 radical (unpaired) electrons. The second-order valence-corrected chi connectivity index (χ2v) is 8.77. The largest absolute Gasteiger partial charge is 2.00 e. The van der Waals surface area contributed by atoms with Gasteiger partial charge in [-0.1, -0.05) is 35.8 Å². The third-order valence-corrected chi connectivity index (χ3v) is 6.40. The molecule has 0 aliphatic rings. The van der Waals surface area contributed by atoms with E-state index in [1.807, 2.05) is 91.0 Å². The molecule has 3 aromatic heterocycles. The standard InChI is InChI=1S/C34H19N3O.Pt.Y/c1-3-10-24(11-4-1)26-20-21-35-33(22-26)37-31-16-8-7-14-28(31)29-19-18-27(23-32(29)37)38-34-17-9-15-30(36-34)25-12-5-2-6-13-25;;/h1-10,12,14-19,21-22H;;/q-4;+2;. The molecule has 0 aliphatic carbocycles. The van der Waals surface area contributed by atoms with E-state index in [-0.39, 0.29) is 53.8 Å². The number of fused-ring (bicyclic) bond motifs is 3. The summed E-state index contributed by atoms with van der Waals surface area (Å²) < 4.78 is 8.31. The Kier molecular flexibility index (Phi) is 8.71. The summed E-state index contributed by atoms with van der Waals surface area (Å²) >= 11 is 0. The smallest absolute Gasteiger partial charge is 0.466 e. The van der Waals surface area contributed by atoms with Gasteiger partial charge in [-0.3, -0.25) is 21.1 Å². The van der Waals surface area contributed by atoms with Gasteiger partial charge in [-0.2, -0.15) is 24.3 Å². The zero-order valence-electron chi connectivity index (χ0n) is 21.1. The van der Waals surface area contributed by atoms with Gasteiger partial charge in [-0.25, -0.2) is 18.2 Å². The minimum absolute atomic E-state index is 0. The van der Waals surface area contributed by atoms with Crippen molar-refractivity contribution in [3.63, 3.8) is 0 Å². The number of aromatic nitrogens is 3. The predicted octanol–water partition coefficient (Wildman–Crippen LogP) is 7.90. The fraction of sp³-hybridized carbons (Fsp3) is 0. The fourth-order valence-corrected chi connectivity index (χ4v) is 4.67. The maximum Gasteiger partial charge on any atom is 2.00 e. The Morgan fingerprint density at radius 2 is 1.45 bits per heavy atom. The summed E-state index contributed by atoms with van der Waals surface area (Å²) in [6.07, 6.45) is 1.71. The Labute approximate surface area is 272 Å². The van der Waals surface area contributed by atoms with Gasteiger partial charge in [0.05, 0.1) is 5.82 Å². The van der Waals surface area contributed by atoms with Crippen molar-refractivity contribution < 1.29 is 58.5 Å². The summed E-state index contributed by atoms with van der Waals surface area (Å²) in [5.41, 5.74) is 5.51. The maximum absolute atomic E-state index is 6.20. The quantitative estimate of drug-likeness (QED) is 0.167. The molecule has 3 heterocycles. The monoisotopic (exact) mass is 769 g/mol. The molecule has 7 rings (SSSR count). The number of benzene rings is 4. The molecule has 0 atom stereocenters. The number of nitrogens with zero attached hydrogens (tertiary/aromatic N) is 3. The van der Waals surface area contributed by atoms with Gasteiger partial charge < -0.3 is 9.30 Å². The minimum atomic E-state index is 0. The van der Waals surface area contributed by atoms with Crippen LogP contribution in [-0.4, -0.2) is 14.5 Å². The number of hydrogen-bond acceptors (Lipinski definition) is 3. The summed E-state index contributed by atoms with van der Waals surface area (Å²) in [6, 6.07) is 48.9. The zero-order valence-corrected chi connectivity index (χ0v) is 26.2. The average molecular weight is 770 g/mol. The van der Waals surface area contributed by atoms with Gasteiger partial charge in [0.15, 0.2) is 0 Å². The van der Waals surface area contributed by atoms with Gasteiger partial charge in [0.25, 0.3) is 0 Å². The van der Waals surface area contributed by atoms with E-state index >= 15 is 0 Å². The predicted molar refractivity (Wildman–Crippen MR) is 149 cm³/mol. The molecule has 7 aromatic rings. The van der Waals surface area contributed by atoms with Crippen LogP contribution in [0.25, 0.3) is 50.0 Å². The molecular formula is C34H19N3OPtY-2. The van der Waals surface area contributed by atoms with E-state index < -0.39 is 0 Å². The molecule has 4 aromatic carbocycles. The SMILES string of the molecule is [Pt+2].[Y].[c-]1ccccc1-c1[c-]cnc(-n2c3[c-]c(Oc4cccc(-c5[c-]cccc5)n4)ccc3c3ccccc32)c1. The summed E-state index contributed by atoms with van der Waals surface area (Å²) in [4.78, 5) is 9.37. The molecule has 0 N–H and O–H groups in total. The fourth-order valence-electron chi connectivity index (χ4n) is 4.67. The molecule has 0 saturated carbocycles. The first-order valence-corrected chi connectivity index (χ1v) is 12.3. The molecule has 0 fully saturated rings. The van der Waals surface area contributed by atoms with Crippen LogP contribution >= 0.6 is 0 Å². The van der Waals surface area contributed by atoms with Gasteiger partial charge in [0.1, 0.15) is 0 Å². The topological polar surface area (TPSA) is 39.9 Å². The molecule has 6 heteroatoms. The Hall–Kier alpha value is -3.43. The van der Waals surface area contributed by atoms with Crippen LogP contribution in [0.2, 0.25) is 0 Å². The van der Waals surface area contributed by atoms with E-state index in [0.717, 1.165) is 50.0 Å². The molecule has 4 nitrogen and oxygen atoms in total. The van der Waals surface area contributed by atoms with Gasteiger partial charge in [0.2, 0.25) is 5.88 Å². The molecule has 40 heavy (non-hydrogen) atoms. The number of rotatable bonds is 5. The van der Waals surface area contributed by atoms with Crippen LogP contribution in [0.1, 0.15) is 0 Å². The second kappa shape index (κ2) is 12.4. The Morgan fingerprint density at radius 1 is 0.675 bits per heavy atom. The first-order chi connectivity index (χ1) is 18.8. The molecule has 0 saturated heterocycles. The van der Waals surface area contributed by atoms with Crippen LogP contribution < -0.4 is 4.74 Å². The normalized spacial score (nSPS) is 10.6. The van der Waals surface area contributed by atoms with Crippen molar-refractivity contribution in [3.8, 4) is 39.8 Å². The van der Waals surface area contributed by atoms with Crippen molar-refractivity contribution >= 4 is 21.8 Å². The van der Waals surface area contributed by atoms with E-state index in [1.54, 1.807) is 6.20 Å². The summed E-state index contributed by atoms with van der Waals surface area (Å²) in [6.45, 7) is 0. The van der Waals surface area contributed by atoms with E-state index in [1.165, 1.54) is 0 Å². The Morgan fingerprint density at radius 3 is 2.25 bits per heavy atom. The van der Waals surface area contributed by atoms with E-state index in [0.29, 0.717) is 11.6 Å². The Bertz CT molecular complexity index is 1910. The van der Waals surface area contributed by atoms with Gasteiger partial charge in [-0.15, -0.1) is 59.5 Å². The van der Waals surface area contributed by atoms with Crippen molar-refractivity contribution in [3.05, 3.63) is 140 Å². The van der Waals surface area contributed by atoms with E-state index in [4.69, 9.17) is 4.74 Å².